The molecule has 4 aromatic rings. The Balaban J connectivity index is 1.33. The van der Waals surface area contributed by atoms with Gasteiger partial charge in [0.25, 0.3) is 0 Å². The molecule has 0 unspecified atom stereocenters. The van der Waals surface area contributed by atoms with Crippen LogP contribution >= 0.6 is 0 Å². The summed E-state index contributed by atoms with van der Waals surface area (Å²) in [6, 6.07) is 20.6. The van der Waals surface area contributed by atoms with Crippen molar-refractivity contribution in [3.8, 4) is 23.0 Å². The molecule has 0 atom stereocenters. The number of nitrogens with zero attached hydrogens (tertiary/aromatic N) is 2. The number of aromatic nitrogens is 1. The topological polar surface area (TPSA) is 81.9 Å². The summed E-state index contributed by atoms with van der Waals surface area (Å²) in [4.78, 5) is 6.43. The fourth-order valence-corrected chi connectivity index (χ4v) is 6.32. The summed E-state index contributed by atoms with van der Waals surface area (Å²) >= 11 is 0. The molecule has 0 bridgehead atoms. The van der Waals surface area contributed by atoms with E-state index >= 15 is 0 Å². The Bertz CT molecular complexity index is 1530. The molecular weight excluding hydrogens is 507 g/mol. The zero-order valence-electron chi connectivity index (χ0n) is 20.7. The molecule has 0 N–H and O–H groups in total. The van der Waals surface area contributed by atoms with Gasteiger partial charge in [-0.15, -0.1) is 0 Å². The summed E-state index contributed by atoms with van der Waals surface area (Å²) < 4.78 is 58.6. The number of hydrogen-bond acceptors (Lipinski definition) is 7. The van der Waals surface area contributed by atoms with Crippen molar-refractivity contribution in [3.63, 3.8) is 0 Å². The fourth-order valence-electron chi connectivity index (χ4n) is 4.98. The second-order valence-corrected chi connectivity index (χ2v) is 11.4. The number of oxazole rings is 1. The second kappa shape index (κ2) is 10.1. The summed E-state index contributed by atoms with van der Waals surface area (Å²) in [5.74, 6) is 1.31. The van der Waals surface area contributed by atoms with Gasteiger partial charge in [-0.05, 0) is 67.1 Å². The van der Waals surface area contributed by atoms with E-state index in [1.165, 1.54) is 42.0 Å². The largest absolute Gasteiger partial charge is 0.486 e. The van der Waals surface area contributed by atoms with E-state index in [4.69, 9.17) is 13.9 Å². The molecular formula is C29H27FN2O5S. The summed E-state index contributed by atoms with van der Waals surface area (Å²) in [5, 5.41) is -0.157. The molecule has 1 aromatic heterocycles. The molecule has 2 aliphatic heterocycles. The normalized spacial score (nSPS) is 16.0. The number of anilines is 1. The molecule has 3 heterocycles. The lowest BCUT2D eigenvalue weighted by Gasteiger charge is -2.32. The minimum absolute atomic E-state index is 0.0425. The van der Waals surface area contributed by atoms with E-state index < -0.39 is 15.7 Å². The first-order chi connectivity index (χ1) is 18.5. The van der Waals surface area contributed by atoms with Gasteiger partial charge >= 0.3 is 0 Å². The van der Waals surface area contributed by atoms with Crippen molar-refractivity contribution in [1.82, 2.24) is 4.98 Å². The number of sulfone groups is 1. The molecule has 7 nitrogen and oxygen atoms in total. The first-order valence-corrected chi connectivity index (χ1v) is 14.2. The van der Waals surface area contributed by atoms with Crippen molar-refractivity contribution < 1.29 is 26.7 Å². The van der Waals surface area contributed by atoms with Crippen molar-refractivity contribution >= 4 is 15.7 Å². The van der Waals surface area contributed by atoms with Gasteiger partial charge < -0.3 is 18.8 Å². The number of ether oxygens (including phenoxy) is 2. The third-order valence-corrected chi connectivity index (χ3v) is 8.67. The van der Waals surface area contributed by atoms with E-state index in [-0.39, 0.29) is 21.7 Å². The van der Waals surface area contributed by atoms with Crippen LogP contribution in [0.2, 0.25) is 0 Å². The quantitative estimate of drug-likeness (QED) is 0.321. The van der Waals surface area contributed by atoms with Gasteiger partial charge in [-0.2, -0.15) is 4.98 Å². The molecule has 0 amide bonds. The van der Waals surface area contributed by atoms with E-state index in [1.807, 2.05) is 23.1 Å². The fraction of sp³-hybridized carbons (Fsp3) is 0.276. The van der Waals surface area contributed by atoms with Crippen LogP contribution in [0.1, 0.15) is 18.4 Å². The smallest absolute Gasteiger partial charge is 0.236 e. The zero-order valence-corrected chi connectivity index (χ0v) is 21.5. The standard InChI is InChI=1S/C29H27FN2O5S/c30-23-8-6-22(7-9-23)27-31-28(38(33,34)24-10-11-25-26(19-24)36-17-16-35-25)29(37-27)32-14-12-21(13-15-32)18-20-4-2-1-3-5-20/h1-11,19,21H,12-18H2. The van der Waals surface area contributed by atoms with Gasteiger partial charge in [0, 0.05) is 24.7 Å². The zero-order chi connectivity index (χ0) is 26.1. The Hall–Kier alpha value is -3.85. The average molecular weight is 535 g/mol. The highest BCUT2D eigenvalue weighted by Gasteiger charge is 2.34. The number of hydrogen-bond donors (Lipinski definition) is 0. The van der Waals surface area contributed by atoms with Crippen molar-refractivity contribution in [2.75, 3.05) is 31.2 Å². The minimum atomic E-state index is -4.07. The van der Waals surface area contributed by atoms with Crippen LogP contribution in [0.4, 0.5) is 10.3 Å². The van der Waals surface area contributed by atoms with Crippen LogP contribution < -0.4 is 14.4 Å². The molecule has 0 aliphatic carbocycles. The van der Waals surface area contributed by atoms with Crippen LogP contribution in [0.5, 0.6) is 11.5 Å². The molecule has 9 heteroatoms. The first-order valence-electron chi connectivity index (χ1n) is 12.7. The molecule has 0 radical (unpaired) electrons. The van der Waals surface area contributed by atoms with E-state index in [0.717, 1.165) is 19.3 Å². The predicted molar refractivity (Wildman–Crippen MR) is 140 cm³/mol. The molecule has 0 spiro atoms. The Labute approximate surface area is 220 Å². The molecule has 1 saturated heterocycles. The molecule has 196 valence electrons. The lowest BCUT2D eigenvalue weighted by atomic mass is 9.90. The van der Waals surface area contributed by atoms with E-state index in [0.29, 0.717) is 49.3 Å². The lowest BCUT2D eigenvalue weighted by Crippen LogP contribution is -2.34. The maximum absolute atomic E-state index is 13.9. The van der Waals surface area contributed by atoms with Crippen LogP contribution in [0.25, 0.3) is 11.5 Å². The summed E-state index contributed by atoms with van der Waals surface area (Å²) in [6.45, 7) is 2.03. The van der Waals surface area contributed by atoms with Crippen LogP contribution in [-0.4, -0.2) is 39.7 Å². The van der Waals surface area contributed by atoms with E-state index in [1.54, 1.807) is 6.07 Å². The SMILES string of the molecule is O=S(=O)(c1ccc2c(c1)OCCO2)c1nc(-c2ccc(F)cc2)oc1N1CCC(Cc2ccccc2)CC1. The van der Waals surface area contributed by atoms with Crippen LogP contribution in [-0.2, 0) is 16.3 Å². The van der Waals surface area contributed by atoms with Gasteiger partial charge in [0.05, 0.1) is 4.90 Å². The van der Waals surface area contributed by atoms with Crippen LogP contribution in [0.15, 0.2) is 87.1 Å². The Morgan fingerprint density at radius 2 is 1.61 bits per heavy atom. The molecule has 0 saturated carbocycles. The predicted octanol–water partition coefficient (Wildman–Crippen LogP) is 5.54. The monoisotopic (exact) mass is 534 g/mol. The number of benzene rings is 3. The highest BCUT2D eigenvalue weighted by molar-refractivity contribution is 7.91. The van der Waals surface area contributed by atoms with Crippen molar-refractivity contribution in [1.29, 1.82) is 0 Å². The number of halogens is 1. The summed E-state index contributed by atoms with van der Waals surface area (Å²) in [5.41, 5.74) is 1.79. The van der Waals surface area contributed by atoms with Crippen LogP contribution in [0.3, 0.4) is 0 Å². The van der Waals surface area contributed by atoms with Crippen molar-refractivity contribution in [3.05, 3.63) is 84.2 Å². The first kappa shape index (κ1) is 24.5. The Morgan fingerprint density at radius 1 is 0.895 bits per heavy atom. The minimum Gasteiger partial charge on any atom is -0.486 e. The van der Waals surface area contributed by atoms with Gasteiger partial charge in [-0.25, -0.2) is 12.8 Å². The highest BCUT2D eigenvalue weighted by Crippen LogP contribution is 2.39. The molecule has 38 heavy (non-hydrogen) atoms. The maximum atomic E-state index is 13.9. The summed E-state index contributed by atoms with van der Waals surface area (Å²) in [6.07, 6.45) is 2.77. The molecule has 6 rings (SSSR count). The second-order valence-electron chi connectivity index (χ2n) is 9.57. The highest BCUT2D eigenvalue weighted by atomic mass is 32.2. The van der Waals surface area contributed by atoms with Gasteiger partial charge in [-0.1, -0.05) is 30.3 Å². The Kier molecular flexibility index (Phi) is 6.53. The molecule has 3 aromatic carbocycles. The van der Waals surface area contributed by atoms with Crippen molar-refractivity contribution in [2.45, 2.75) is 29.2 Å². The van der Waals surface area contributed by atoms with Gasteiger partial charge in [0.15, 0.2) is 11.5 Å². The van der Waals surface area contributed by atoms with E-state index in [9.17, 15) is 12.8 Å². The maximum Gasteiger partial charge on any atom is 0.236 e. The molecule has 1 fully saturated rings. The van der Waals surface area contributed by atoms with Crippen LogP contribution in [0, 0.1) is 11.7 Å². The van der Waals surface area contributed by atoms with Gasteiger partial charge in [0.2, 0.25) is 26.6 Å². The number of rotatable bonds is 6. The molecule has 2 aliphatic rings. The lowest BCUT2D eigenvalue weighted by molar-refractivity contribution is 0.171. The number of piperidine rings is 1. The Morgan fingerprint density at radius 3 is 2.34 bits per heavy atom. The average Bonchev–Trinajstić information content (AvgIpc) is 3.41. The third kappa shape index (κ3) is 4.86. The van der Waals surface area contributed by atoms with Crippen molar-refractivity contribution in [2.24, 2.45) is 5.92 Å². The summed E-state index contributed by atoms with van der Waals surface area (Å²) in [7, 11) is -4.07. The third-order valence-electron chi connectivity index (χ3n) is 7.02. The van der Waals surface area contributed by atoms with E-state index in [2.05, 4.69) is 17.1 Å². The van der Waals surface area contributed by atoms with Gasteiger partial charge in [0.1, 0.15) is 19.0 Å². The van der Waals surface area contributed by atoms with Gasteiger partial charge in [-0.3, -0.25) is 0 Å². The number of fused-ring (bicyclic) bond motifs is 1.